The van der Waals surface area contributed by atoms with Crippen LogP contribution in [0, 0.1) is 0 Å². The Morgan fingerprint density at radius 3 is 2.76 bits per heavy atom. The van der Waals surface area contributed by atoms with Gasteiger partial charge in [-0.25, -0.2) is 9.97 Å². The lowest BCUT2D eigenvalue weighted by atomic mass is 10.1. The fourth-order valence-corrected chi connectivity index (χ4v) is 2.15. The Labute approximate surface area is 101 Å². The van der Waals surface area contributed by atoms with Crippen LogP contribution in [0.5, 0.6) is 0 Å². The molecule has 84 valence electrons. The number of nitrogens with one attached hydrogen (secondary N) is 1. The van der Waals surface area contributed by atoms with Gasteiger partial charge in [-0.15, -0.1) is 11.8 Å². The van der Waals surface area contributed by atoms with E-state index in [0.717, 1.165) is 15.9 Å². The van der Waals surface area contributed by atoms with E-state index < -0.39 is 0 Å². The number of hydrogen-bond acceptors (Lipinski definition) is 4. The van der Waals surface area contributed by atoms with Gasteiger partial charge >= 0.3 is 0 Å². The maximum atomic E-state index is 11.8. The molecule has 0 aliphatic rings. The molecule has 0 atom stereocenters. The van der Waals surface area contributed by atoms with Gasteiger partial charge in [0, 0.05) is 10.8 Å². The van der Waals surface area contributed by atoms with E-state index in [9.17, 15) is 4.79 Å². The Hall–Kier alpha value is -1.88. The van der Waals surface area contributed by atoms with E-state index in [1.165, 1.54) is 11.8 Å². The van der Waals surface area contributed by atoms with Gasteiger partial charge in [-0.05, 0) is 12.3 Å². The number of nitrogens with zero attached hydrogens (tertiary/aromatic N) is 2. The van der Waals surface area contributed by atoms with E-state index in [1.807, 2.05) is 24.5 Å². The van der Waals surface area contributed by atoms with Gasteiger partial charge < -0.3 is 4.98 Å². The Balaban J connectivity index is 2.56. The molecule has 17 heavy (non-hydrogen) atoms. The molecule has 0 fully saturated rings. The minimum atomic E-state index is -0.126. The van der Waals surface area contributed by atoms with Crippen LogP contribution in [0.25, 0.3) is 21.9 Å². The van der Waals surface area contributed by atoms with Crippen molar-refractivity contribution in [1.82, 2.24) is 15.0 Å². The number of hydrogen-bond donors (Lipinski definition) is 1. The fourth-order valence-electron chi connectivity index (χ4n) is 1.81. The Bertz CT molecular complexity index is 766. The van der Waals surface area contributed by atoms with Crippen molar-refractivity contribution in [3.63, 3.8) is 0 Å². The summed E-state index contributed by atoms with van der Waals surface area (Å²) in [7, 11) is 0. The van der Waals surface area contributed by atoms with Crippen molar-refractivity contribution < 1.29 is 0 Å². The van der Waals surface area contributed by atoms with E-state index in [1.54, 1.807) is 12.3 Å². The summed E-state index contributed by atoms with van der Waals surface area (Å²) in [4.78, 5) is 23.3. The zero-order valence-corrected chi connectivity index (χ0v) is 9.91. The second-order valence-corrected chi connectivity index (χ2v) is 4.44. The molecule has 2 heterocycles. The van der Waals surface area contributed by atoms with Gasteiger partial charge in [0.1, 0.15) is 10.5 Å². The van der Waals surface area contributed by atoms with Crippen LogP contribution in [0.3, 0.4) is 0 Å². The van der Waals surface area contributed by atoms with Crippen LogP contribution >= 0.6 is 11.8 Å². The summed E-state index contributed by atoms with van der Waals surface area (Å²) in [6.07, 6.45) is 3.61. The van der Waals surface area contributed by atoms with Gasteiger partial charge in [0.2, 0.25) is 0 Å². The topological polar surface area (TPSA) is 58.6 Å². The van der Waals surface area contributed by atoms with Crippen molar-refractivity contribution in [1.29, 1.82) is 0 Å². The van der Waals surface area contributed by atoms with E-state index in [-0.39, 0.29) is 5.56 Å². The highest BCUT2D eigenvalue weighted by Crippen LogP contribution is 2.20. The normalized spacial score (nSPS) is 11.1. The van der Waals surface area contributed by atoms with Crippen molar-refractivity contribution in [2.75, 3.05) is 6.26 Å². The highest BCUT2D eigenvalue weighted by Gasteiger charge is 2.07. The van der Waals surface area contributed by atoms with Crippen molar-refractivity contribution in [2.24, 2.45) is 0 Å². The number of rotatable bonds is 1. The maximum absolute atomic E-state index is 11.8. The van der Waals surface area contributed by atoms with Crippen LogP contribution < -0.4 is 5.56 Å². The Morgan fingerprint density at radius 2 is 2.00 bits per heavy atom. The molecule has 0 bridgehead atoms. The van der Waals surface area contributed by atoms with E-state index in [2.05, 4.69) is 15.0 Å². The summed E-state index contributed by atoms with van der Waals surface area (Å²) < 4.78 is 0. The SMILES string of the molecule is CSc1cnc2[nH]c(=O)c3ccccc3c2n1. The zero-order chi connectivity index (χ0) is 11.8. The van der Waals surface area contributed by atoms with Crippen LogP contribution in [0.1, 0.15) is 0 Å². The number of aromatic amines is 1. The number of aromatic nitrogens is 3. The molecule has 0 radical (unpaired) electrons. The maximum Gasteiger partial charge on any atom is 0.257 e. The third kappa shape index (κ3) is 1.59. The summed E-state index contributed by atoms with van der Waals surface area (Å²) in [5.74, 6) is 0. The molecule has 0 saturated carbocycles. The van der Waals surface area contributed by atoms with Gasteiger partial charge in [0.15, 0.2) is 5.65 Å². The summed E-state index contributed by atoms with van der Waals surface area (Å²) in [5, 5.41) is 2.33. The highest BCUT2D eigenvalue weighted by atomic mass is 32.2. The molecule has 1 aromatic carbocycles. The molecule has 0 unspecified atom stereocenters. The van der Waals surface area contributed by atoms with E-state index in [4.69, 9.17) is 0 Å². The average Bonchev–Trinajstić information content (AvgIpc) is 2.39. The van der Waals surface area contributed by atoms with Crippen LogP contribution in [0.4, 0.5) is 0 Å². The second-order valence-electron chi connectivity index (χ2n) is 3.61. The van der Waals surface area contributed by atoms with Crippen LogP contribution in [-0.4, -0.2) is 21.2 Å². The van der Waals surface area contributed by atoms with Crippen molar-refractivity contribution in [3.8, 4) is 0 Å². The lowest BCUT2D eigenvalue weighted by molar-refractivity contribution is 1.10. The number of H-pyrrole nitrogens is 1. The summed E-state index contributed by atoms with van der Waals surface area (Å²) >= 11 is 1.53. The van der Waals surface area contributed by atoms with Crippen molar-refractivity contribution in [2.45, 2.75) is 5.03 Å². The third-order valence-electron chi connectivity index (χ3n) is 2.62. The molecule has 2 aromatic heterocycles. The summed E-state index contributed by atoms with van der Waals surface area (Å²) in [6.45, 7) is 0. The van der Waals surface area contributed by atoms with Crippen LogP contribution in [0.2, 0.25) is 0 Å². The van der Waals surface area contributed by atoms with Gasteiger partial charge in [-0.2, -0.15) is 0 Å². The first-order valence-electron chi connectivity index (χ1n) is 5.11. The molecule has 3 rings (SSSR count). The molecule has 1 N–H and O–H groups in total. The second kappa shape index (κ2) is 3.85. The number of thioether (sulfide) groups is 1. The fraction of sp³-hybridized carbons (Fsp3) is 0.0833. The smallest absolute Gasteiger partial charge is 0.257 e. The monoisotopic (exact) mass is 243 g/mol. The van der Waals surface area contributed by atoms with Gasteiger partial charge in [-0.1, -0.05) is 18.2 Å². The molecule has 0 amide bonds. The first-order valence-corrected chi connectivity index (χ1v) is 6.34. The molecule has 0 aliphatic heterocycles. The van der Waals surface area contributed by atoms with Gasteiger partial charge in [0.05, 0.1) is 6.20 Å². The molecule has 3 aromatic rings. The Kier molecular flexibility index (Phi) is 2.33. The molecule has 0 spiro atoms. The number of pyridine rings is 1. The predicted molar refractivity (Wildman–Crippen MR) is 69.4 cm³/mol. The summed E-state index contributed by atoms with van der Waals surface area (Å²) in [6, 6.07) is 7.43. The molecule has 4 nitrogen and oxygen atoms in total. The van der Waals surface area contributed by atoms with Gasteiger partial charge in [-0.3, -0.25) is 4.79 Å². The lowest BCUT2D eigenvalue weighted by Crippen LogP contribution is -2.07. The largest absolute Gasteiger partial charge is 0.305 e. The van der Waals surface area contributed by atoms with Crippen molar-refractivity contribution in [3.05, 3.63) is 40.8 Å². The average molecular weight is 243 g/mol. The lowest BCUT2D eigenvalue weighted by Gasteiger charge is -2.03. The van der Waals surface area contributed by atoms with Crippen LogP contribution in [-0.2, 0) is 0 Å². The molecule has 0 aliphatic carbocycles. The third-order valence-corrected chi connectivity index (χ3v) is 3.23. The first kappa shape index (κ1) is 10.3. The minimum Gasteiger partial charge on any atom is -0.305 e. The predicted octanol–water partition coefficient (Wildman–Crippen LogP) is 2.19. The first-order chi connectivity index (χ1) is 8.29. The van der Waals surface area contributed by atoms with E-state index >= 15 is 0 Å². The summed E-state index contributed by atoms with van der Waals surface area (Å²) in [5.41, 5.74) is 1.15. The molecule has 0 saturated heterocycles. The van der Waals surface area contributed by atoms with E-state index in [0.29, 0.717) is 11.0 Å². The van der Waals surface area contributed by atoms with Crippen molar-refractivity contribution >= 4 is 33.7 Å². The molecular formula is C12H9N3OS. The van der Waals surface area contributed by atoms with Crippen LogP contribution in [0.15, 0.2) is 40.3 Å². The molecular weight excluding hydrogens is 234 g/mol. The number of benzene rings is 1. The minimum absolute atomic E-state index is 0.126. The number of fused-ring (bicyclic) bond motifs is 3. The highest BCUT2D eigenvalue weighted by molar-refractivity contribution is 7.98. The Morgan fingerprint density at radius 1 is 1.24 bits per heavy atom. The molecule has 5 heteroatoms. The van der Waals surface area contributed by atoms with Gasteiger partial charge in [0.25, 0.3) is 5.56 Å². The standard InChI is InChI=1S/C12H9N3OS/c1-17-9-6-13-11-10(14-9)7-4-2-3-5-8(7)12(16)15-11/h2-6H,1H3,(H,13,15,16). The quantitative estimate of drug-likeness (QED) is 0.526. The zero-order valence-electron chi connectivity index (χ0n) is 9.10.